The van der Waals surface area contributed by atoms with E-state index in [1.165, 1.54) is 22.7 Å². The standard InChI is InChI=1S/C25H16Cl3N3O2S/c26-16-8-6-15(7-9-16)12-22-24(33)31(18-4-2-1-3-5-18)25(34-22)19(14-29)23(32)30-21-11-10-17(27)13-20(21)28/h1-11,13,22H,12H2,(H,30,32). The second kappa shape index (κ2) is 10.5. The van der Waals surface area contributed by atoms with Crippen molar-refractivity contribution < 1.29 is 9.59 Å². The van der Waals surface area contributed by atoms with Gasteiger partial charge in [-0.15, -0.1) is 0 Å². The second-order valence-corrected chi connectivity index (χ2v) is 9.79. The highest BCUT2D eigenvalue weighted by Gasteiger charge is 2.40. The highest BCUT2D eigenvalue weighted by Crippen LogP contribution is 2.42. The van der Waals surface area contributed by atoms with Gasteiger partial charge in [-0.25, -0.2) is 0 Å². The van der Waals surface area contributed by atoms with Gasteiger partial charge in [0.15, 0.2) is 0 Å². The monoisotopic (exact) mass is 527 g/mol. The third kappa shape index (κ3) is 5.24. The predicted molar refractivity (Wildman–Crippen MR) is 138 cm³/mol. The molecule has 1 aliphatic heterocycles. The lowest BCUT2D eigenvalue weighted by molar-refractivity contribution is -0.117. The van der Waals surface area contributed by atoms with Gasteiger partial charge in [0.25, 0.3) is 5.91 Å². The first-order chi connectivity index (χ1) is 16.4. The zero-order valence-electron chi connectivity index (χ0n) is 17.5. The third-order valence-corrected chi connectivity index (χ3v) is 7.10. The van der Waals surface area contributed by atoms with Crippen LogP contribution in [0, 0.1) is 11.3 Å². The Bertz CT molecular complexity index is 1320. The Kier molecular flexibility index (Phi) is 7.50. The Morgan fingerprint density at radius 1 is 1.00 bits per heavy atom. The molecule has 1 saturated heterocycles. The minimum atomic E-state index is -0.671. The number of nitrogens with one attached hydrogen (secondary N) is 1. The van der Waals surface area contributed by atoms with Gasteiger partial charge in [-0.05, 0) is 54.4 Å². The molecule has 1 atom stereocenters. The molecule has 3 aromatic carbocycles. The van der Waals surface area contributed by atoms with E-state index in [9.17, 15) is 14.9 Å². The molecule has 0 bridgehead atoms. The number of carbonyl (C=O) groups is 2. The van der Waals surface area contributed by atoms with Crippen LogP contribution in [0.25, 0.3) is 0 Å². The highest BCUT2D eigenvalue weighted by atomic mass is 35.5. The maximum absolute atomic E-state index is 13.4. The average molecular weight is 529 g/mol. The van der Waals surface area contributed by atoms with E-state index in [1.54, 1.807) is 48.5 Å². The van der Waals surface area contributed by atoms with E-state index in [2.05, 4.69) is 5.32 Å². The fourth-order valence-electron chi connectivity index (χ4n) is 3.41. The highest BCUT2D eigenvalue weighted by molar-refractivity contribution is 8.05. The van der Waals surface area contributed by atoms with E-state index in [0.29, 0.717) is 27.8 Å². The summed E-state index contributed by atoms with van der Waals surface area (Å²) in [5.74, 6) is -0.888. The summed E-state index contributed by atoms with van der Waals surface area (Å²) in [5, 5.41) is 13.6. The summed E-state index contributed by atoms with van der Waals surface area (Å²) >= 11 is 19.3. The summed E-state index contributed by atoms with van der Waals surface area (Å²) in [5.41, 5.74) is 1.61. The van der Waals surface area contributed by atoms with E-state index >= 15 is 0 Å². The van der Waals surface area contributed by atoms with Crippen LogP contribution in [-0.4, -0.2) is 17.1 Å². The number of benzene rings is 3. The Morgan fingerprint density at radius 2 is 1.68 bits per heavy atom. The van der Waals surface area contributed by atoms with Crippen LogP contribution >= 0.6 is 46.6 Å². The number of nitrogens with zero attached hydrogens (tertiary/aromatic N) is 2. The van der Waals surface area contributed by atoms with Crippen LogP contribution < -0.4 is 10.2 Å². The van der Waals surface area contributed by atoms with Crippen LogP contribution in [-0.2, 0) is 16.0 Å². The van der Waals surface area contributed by atoms with Crippen molar-refractivity contribution in [2.75, 3.05) is 10.2 Å². The SMILES string of the molecule is N#CC(C(=O)Nc1ccc(Cl)cc1Cl)=C1SC(Cc2ccc(Cl)cc2)C(=O)N1c1ccccc1. The van der Waals surface area contributed by atoms with Crippen molar-refractivity contribution in [3.8, 4) is 6.07 Å². The van der Waals surface area contributed by atoms with Crippen molar-refractivity contribution in [3.63, 3.8) is 0 Å². The molecule has 9 heteroatoms. The summed E-state index contributed by atoms with van der Waals surface area (Å²) in [7, 11) is 0. The molecular formula is C25H16Cl3N3O2S. The van der Waals surface area contributed by atoms with Crippen LogP contribution in [0.4, 0.5) is 11.4 Å². The molecule has 1 aliphatic rings. The van der Waals surface area contributed by atoms with Crippen molar-refractivity contribution in [2.45, 2.75) is 11.7 Å². The Morgan fingerprint density at radius 3 is 2.32 bits per heavy atom. The molecule has 34 heavy (non-hydrogen) atoms. The van der Waals surface area contributed by atoms with Crippen LogP contribution in [0.2, 0.25) is 15.1 Å². The third-order valence-electron chi connectivity index (χ3n) is 5.03. The molecule has 0 radical (unpaired) electrons. The zero-order valence-corrected chi connectivity index (χ0v) is 20.6. The van der Waals surface area contributed by atoms with Gasteiger partial charge in [0.05, 0.1) is 16.0 Å². The van der Waals surface area contributed by atoms with E-state index in [1.807, 2.05) is 24.3 Å². The molecule has 1 unspecified atom stereocenters. The van der Waals surface area contributed by atoms with Gasteiger partial charge in [0, 0.05) is 15.7 Å². The summed E-state index contributed by atoms with van der Waals surface area (Å²) in [4.78, 5) is 28.0. The van der Waals surface area contributed by atoms with E-state index in [4.69, 9.17) is 34.8 Å². The number of carbonyl (C=O) groups excluding carboxylic acids is 2. The number of anilines is 2. The van der Waals surface area contributed by atoms with Gasteiger partial charge < -0.3 is 5.32 Å². The smallest absolute Gasteiger partial charge is 0.269 e. The van der Waals surface area contributed by atoms with Gasteiger partial charge in [-0.1, -0.05) is 76.9 Å². The molecule has 1 fully saturated rings. The van der Waals surface area contributed by atoms with E-state index < -0.39 is 11.2 Å². The van der Waals surface area contributed by atoms with Gasteiger partial charge in [-0.2, -0.15) is 5.26 Å². The predicted octanol–water partition coefficient (Wildman–Crippen LogP) is 6.71. The summed E-state index contributed by atoms with van der Waals surface area (Å²) in [6, 6.07) is 22.7. The van der Waals surface area contributed by atoms with E-state index in [0.717, 1.165) is 5.56 Å². The number of amides is 2. The van der Waals surface area contributed by atoms with Crippen LogP contribution in [0.15, 0.2) is 83.4 Å². The summed E-state index contributed by atoms with van der Waals surface area (Å²) in [6.45, 7) is 0. The lowest BCUT2D eigenvalue weighted by Gasteiger charge is -2.18. The number of para-hydroxylation sites is 1. The molecule has 0 spiro atoms. The lowest BCUT2D eigenvalue weighted by Crippen LogP contribution is -2.30. The summed E-state index contributed by atoms with van der Waals surface area (Å²) in [6.07, 6.45) is 0.414. The number of hydrogen-bond donors (Lipinski definition) is 1. The van der Waals surface area contributed by atoms with Gasteiger partial charge in [0.2, 0.25) is 5.91 Å². The first-order valence-electron chi connectivity index (χ1n) is 10.1. The largest absolute Gasteiger partial charge is 0.320 e. The molecular weight excluding hydrogens is 513 g/mol. The van der Waals surface area contributed by atoms with Gasteiger partial charge >= 0.3 is 0 Å². The molecule has 170 valence electrons. The Labute approximate surface area is 215 Å². The minimum absolute atomic E-state index is 0.188. The molecule has 1 heterocycles. The number of nitriles is 1. The normalized spacial score (nSPS) is 16.8. The molecule has 4 rings (SSSR count). The van der Waals surface area contributed by atoms with Crippen LogP contribution in [0.5, 0.6) is 0 Å². The quantitative estimate of drug-likeness (QED) is 0.295. The first-order valence-corrected chi connectivity index (χ1v) is 12.1. The second-order valence-electron chi connectivity index (χ2n) is 7.32. The van der Waals surface area contributed by atoms with Gasteiger partial charge in [-0.3, -0.25) is 14.5 Å². The minimum Gasteiger partial charge on any atom is -0.320 e. The first kappa shape index (κ1) is 24.2. The molecule has 0 saturated carbocycles. The Balaban J connectivity index is 1.71. The lowest BCUT2D eigenvalue weighted by atomic mass is 10.1. The van der Waals surface area contributed by atoms with Gasteiger partial charge in [0.1, 0.15) is 16.7 Å². The molecule has 2 amide bonds. The molecule has 5 nitrogen and oxygen atoms in total. The number of hydrogen-bond acceptors (Lipinski definition) is 4. The molecule has 0 aliphatic carbocycles. The van der Waals surface area contributed by atoms with Crippen LogP contribution in [0.1, 0.15) is 5.56 Å². The topological polar surface area (TPSA) is 73.2 Å². The fraction of sp³-hybridized carbons (Fsp3) is 0.0800. The van der Waals surface area contributed by atoms with Crippen molar-refractivity contribution in [2.24, 2.45) is 0 Å². The number of rotatable bonds is 5. The van der Waals surface area contributed by atoms with Crippen molar-refractivity contribution in [3.05, 3.63) is 104 Å². The maximum Gasteiger partial charge on any atom is 0.269 e. The molecule has 1 N–H and O–H groups in total. The average Bonchev–Trinajstić information content (AvgIpc) is 3.13. The number of thioether (sulfide) groups is 1. The molecule has 0 aromatic heterocycles. The zero-order chi connectivity index (χ0) is 24.2. The van der Waals surface area contributed by atoms with Crippen molar-refractivity contribution in [1.82, 2.24) is 0 Å². The maximum atomic E-state index is 13.4. The van der Waals surface area contributed by atoms with Crippen molar-refractivity contribution in [1.29, 1.82) is 5.26 Å². The molecule has 3 aromatic rings. The van der Waals surface area contributed by atoms with E-state index in [-0.39, 0.29) is 21.5 Å². The van der Waals surface area contributed by atoms with Crippen molar-refractivity contribution >= 4 is 69.8 Å². The Hall–Kier alpha value is -2.95. The number of halogens is 3. The van der Waals surface area contributed by atoms with Crippen LogP contribution in [0.3, 0.4) is 0 Å². The fourth-order valence-corrected chi connectivity index (χ4v) is 5.30. The summed E-state index contributed by atoms with van der Waals surface area (Å²) < 4.78 is 0.